The SMILES string of the molecule is O=C(O)c1cc(O)c(O)c(O)c1.O=C(OCC(O)CO)c1cc(O)c(O)c(O)c1. The molecule has 0 bridgehead atoms. The van der Waals surface area contributed by atoms with Gasteiger partial charge in [-0.1, -0.05) is 0 Å². The predicted molar refractivity (Wildman–Crippen MR) is 93.2 cm³/mol. The number of carbonyl (C=O) groups excluding carboxylic acids is 1. The Morgan fingerprint density at radius 1 is 0.793 bits per heavy atom. The molecule has 12 nitrogen and oxygen atoms in total. The van der Waals surface area contributed by atoms with Crippen LogP contribution in [0, 0.1) is 0 Å². The van der Waals surface area contributed by atoms with Crippen LogP contribution < -0.4 is 0 Å². The molecule has 2 aromatic rings. The first-order chi connectivity index (χ1) is 13.5. The summed E-state index contributed by atoms with van der Waals surface area (Å²) in [5, 5.41) is 79.7. The molecule has 0 aliphatic heterocycles. The maximum atomic E-state index is 11.4. The highest BCUT2D eigenvalue weighted by atomic mass is 16.5. The molecule has 0 radical (unpaired) electrons. The number of hydrogen-bond donors (Lipinski definition) is 9. The summed E-state index contributed by atoms with van der Waals surface area (Å²) in [6.45, 7) is -0.975. The van der Waals surface area contributed by atoms with Gasteiger partial charge in [0, 0.05) is 0 Å². The van der Waals surface area contributed by atoms with Gasteiger partial charge < -0.3 is 50.7 Å². The Balaban J connectivity index is 0.000000308. The summed E-state index contributed by atoms with van der Waals surface area (Å²) in [6, 6.07) is 3.50. The van der Waals surface area contributed by atoms with Gasteiger partial charge in [-0.25, -0.2) is 9.59 Å². The van der Waals surface area contributed by atoms with E-state index in [0.717, 1.165) is 24.3 Å². The third-order valence-electron chi connectivity index (χ3n) is 3.24. The number of aliphatic hydroxyl groups excluding tert-OH is 2. The molecule has 9 N–H and O–H groups in total. The standard InChI is InChI=1S/C10H12O7.C7H6O5/c11-3-6(12)4-17-10(16)5-1-7(13)9(15)8(14)2-5;8-4-1-3(7(11)12)2-5(9)6(4)10/h1-2,6,11-15H,3-4H2;1-2,8-10H,(H,11,12). The van der Waals surface area contributed by atoms with Gasteiger partial charge in [0.15, 0.2) is 34.5 Å². The van der Waals surface area contributed by atoms with Crippen LogP contribution >= 0.6 is 0 Å². The topological polar surface area (TPSA) is 225 Å². The van der Waals surface area contributed by atoms with E-state index in [1.54, 1.807) is 0 Å². The number of phenols is 6. The van der Waals surface area contributed by atoms with Crippen molar-refractivity contribution < 1.29 is 60.3 Å². The van der Waals surface area contributed by atoms with E-state index >= 15 is 0 Å². The number of phenolic OH excluding ortho intramolecular Hbond substituents is 6. The molecule has 0 aromatic heterocycles. The number of carbonyl (C=O) groups is 2. The molecule has 0 aliphatic carbocycles. The van der Waals surface area contributed by atoms with Gasteiger partial charge in [0.25, 0.3) is 0 Å². The zero-order valence-electron chi connectivity index (χ0n) is 14.6. The number of benzene rings is 2. The first-order valence-corrected chi connectivity index (χ1v) is 7.67. The highest BCUT2D eigenvalue weighted by molar-refractivity contribution is 5.91. The second-order valence-electron chi connectivity index (χ2n) is 5.47. The van der Waals surface area contributed by atoms with E-state index in [1.165, 1.54) is 0 Å². The average Bonchev–Trinajstić information content (AvgIpc) is 2.67. The summed E-state index contributed by atoms with van der Waals surface area (Å²) in [5.41, 5.74) is -0.481. The maximum Gasteiger partial charge on any atom is 0.338 e. The van der Waals surface area contributed by atoms with Gasteiger partial charge >= 0.3 is 11.9 Å². The number of carboxylic acid groups (broad SMARTS) is 1. The van der Waals surface area contributed by atoms with Gasteiger partial charge in [0.05, 0.1) is 17.7 Å². The Labute approximate surface area is 162 Å². The Morgan fingerprint density at radius 3 is 1.52 bits per heavy atom. The number of esters is 1. The summed E-state index contributed by atoms with van der Waals surface area (Å²) in [4.78, 5) is 21.7. The summed E-state index contributed by atoms with van der Waals surface area (Å²) in [6.07, 6.45) is -1.20. The van der Waals surface area contributed by atoms with Crippen molar-refractivity contribution in [2.75, 3.05) is 13.2 Å². The lowest BCUT2D eigenvalue weighted by Gasteiger charge is -2.09. The molecule has 2 rings (SSSR count). The summed E-state index contributed by atoms with van der Waals surface area (Å²) >= 11 is 0. The van der Waals surface area contributed by atoms with Crippen LogP contribution in [-0.2, 0) is 4.74 Å². The monoisotopic (exact) mass is 414 g/mol. The van der Waals surface area contributed by atoms with Crippen molar-refractivity contribution in [1.82, 2.24) is 0 Å². The van der Waals surface area contributed by atoms with Crippen LogP contribution in [0.3, 0.4) is 0 Å². The van der Waals surface area contributed by atoms with E-state index in [9.17, 15) is 9.59 Å². The van der Waals surface area contributed by atoms with Crippen LogP contribution in [0.15, 0.2) is 24.3 Å². The van der Waals surface area contributed by atoms with Crippen LogP contribution in [0.4, 0.5) is 0 Å². The van der Waals surface area contributed by atoms with E-state index in [0.29, 0.717) is 0 Å². The average molecular weight is 414 g/mol. The van der Waals surface area contributed by atoms with Crippen LogP contribution in [0.25, 0.3) is 0 Å². The number of aromatic hydroxyl groups is 6. The van der Waals surface area contributed by atoms with Gasteiger partial charge in [-0.3, -0.25) is 0 Å². The lowest BCUT2D eigenvalue weighted by molar-refractivity contribution is 0.00927. The molecule has 0 saturated carbocycles. The number of carboxylic acids is 1. The second-order valence-corrected chi connectivity index (χ2v) is 5.47. The molecular weight excluding hydrogens is 396 g/mol. The molecule has 158 valence electrons. The molecule has 0 amide bonds. The molecule has 0 spiro atoms. The van der Waals surface area contributed by atoms with E-state index < -0.39 is 65.8 Å². The third kappa shape index (κ3) is 6.34. The Bertz CT molecular complexity index is 846. The van der Waals surface area contributed by atoms with Gasteiger partial charge in [-0.05, 0) is 24.3 Å². The normalized spacial score (nSPS) is 11.1. The fourth-order valence-electron chi connectivity index (χ4n) is 1.76. The fraction of sp³-hybridized carbons (Fsp3) is 0.176. The molecule has 0 fully saturated rings. The Hall–Kier alpha value is -3.90. The second kappa shape index (κ2) is 9.87. The van der Waals surface area contributed by atoms with Crippen LogP contribution in [0.2, 0.25) is 0 Å². The lowest BCUT2D eigenvalue weighted by atomic mass is 10.2. The van der Waals surface area contributed by atoms with Crippen molar-refractivity contribution in [2.24, 2.45) is 0 Å². The van der Waals surface area contributed by atoms with E-state index in [2.05, 4.69) is 4.74 Å². The van der Waals surface area contributed by atoms with Crippen molar-refractivity contribution in [3.05, 3.63) is 35.4 Å². The number of rotatable bonds is 5. The minimum Gasteiger partial charge on any atom is -0.504 e. The quantitative estimate of drug-likeness (QED) is 0.229. The minimum absolute atomic E-state index is 0.192. The smallest absolute Gasteiger partial charge is 0.338 e. The molecule has 0 heterocycles. The van der Waals surface area contributed by atoms with Gasteiger partial charge in [-0.2, -0.15) is 0 Å². The third-order valence-corrected chi connectivity index (χ3v) is 3.24. The van der Waals surface area contributed by atoms with Gasteiger partial charge in [0.2, 0.25) is 0 Å². The zero-order valence-corrected chi connectivity index (χ0v) is 14.6. The van der Waals surface area contributed by atoms with Crippen LogP contribution in [0.1, 0.15) is 20.7 Å². The predicted octanol–water partition coefficient (Wildman–Crippen LogP) is -0.185. The number of hydrogen-bond acceptors (Lipinski definition) is 11. The largest absolute Gasteiger partial charge is 0.504 e. The van der Waals surface area contributed by atoms with Crippen LogP contribution in [-0.4, -0.2) is 77.2 Å². The molecule has 1 atom stereocenters. The van der Waals surface area contributed by atoms with E-state index in [-0.39, 0.29) is 11.1 Å². The minimum atomic E-state index is -1.29. The molecule has 0 aliphatic rings. The zero-order chi connectivity index (χ0) is 22.3. The van der Waals surface area contributed by atoms with E-state index in [4.69, 9.17) is 46.0 Å². The summed E-state index contributed by atoms with van der Waals surface area (Å²) < 4.78 is 4.58. The molecular formula is C17H18O12. The first kappa shape index (κ1) is 23.1. The van der Waals surface area contributed by atoms with Gasteiger partial charge in [0.1, 0.15) is 12.7 Å². The number of aromatic carboxylic acids is 1. The van der Waals surface area contributed by atoms with Crippen molar-refractivity contribution in [3.63, 3.8) is 0 Å². The van der Waals surface area contributed by atoms with Crippen molar-refractivity contribution in [2.45, 2.75) is 6.10 Å². The Morgan fingerprint density at radius 2 is 1.17 bits per heavy atom. The molecule has 0 saturated heterocycles. The number of ether oxygens (including phenoxy) is 1. The van der Waals surface area contributed by atoms with Crippen LogP contribution in [0.5, 0.6) is 34.5 Å². The molecule has 2 aromatic carbocycles. The summed E-state index contributed by atoms with van der Waals surface area (Å²) in [7, 11) is 0. The number of aliphatic hydroxyl groups is 2. The van der Waals surface area contributed by atoms with Gasteiger partial charge in [-0.15, -0.1) is 0 Å². The Kier molecular flexibility index (Phi) is 7.87. The van der Waals surface area contributed by atoms with E-state index in [1.807, 2.05) is 0 Å². The molecule has 29 heavy (non-hydrogen) atoms. The van der Waals surface area contributed by atoms with Crippen molar-refractivity contribution in [1.29, 1.82) is 0 Å². The lowest BCUT2D eigenvalue weighted by Crippen LogP contribution is -2.21. The van der Waals surface area contributed by atoms with Crippen molar-refractivity contribution >= 4 is 11.9 Å². The maximum absolute atomic E-state index is 11.4. The fourth-order valence-corrected chi connectivity index (χ4v) is 1.76. The highest BCUT2D eigenvalue weighted by Crippen LogP contribution is 2.36. The first-order valence-electron chi connectivity index (χ1n) is 7.67. The molecule has 12 heteroatoms. The van der Waals surface area contributed by atoms with Crippen molar-refractivity contribution in [3.8, 4) is 34.5 Å². The molecule has 1 unspecified atom stereocenters. The highest BCUT2D eigenvalue weighted by Gasteiger charge is 2.16. The summed E-state index contributed by atoms with van der Waals surface area (Å²) in [5.74, 6) is -6.32.